The molecule has 3 heterocycles. The minimum atomic E-state index is -0.864. The number of carboxylic acid groups (broad SMARTS) is 1. The Balaban J connectivity index is 0.000000151. The van der Waals surface area contributed by atoms with Gasteiger partial charge in [-0.1, -0.05) is 63.3 Å². The highest BCUT2D eigenvalue weighted by Gasteiger charge is 2.09. The number of nitrogens with two attached hydrogens (primary N) is 2. The highest BCUT2D eigenvalue weighted by Crippen LogP contribution is 2.28. The third kappa shape index (κ3) is 10.4. The Morgan fingerprint density at radius 3 is 2.10 bits per heavy atom. The number of ether oxygens (including phenoxy) is 1. The first-order chi connectivity index (χ1) is 18.6. The van der Waals surface area contributed by atoms with Crippen LogP contribution in [-0.4, -0.2) is 47.1 Å². The second kappa shape index (κ2) is 15.6. The Bertz CT molecular complexity index is 1290. The molecule has 7 nitrogen and oxygen atoms in total. The number of hydrogen-bond acceptors (Lipinski definition) is 6. The third-order valence-electron chi connectivity index (χ3n) is 6.27. The van der Waals surface area contributed by atoms with Crippen LogP contribution in [0.4, 0.5) is 0 Å². The molecule has 39 heavy (non-hydrogen) atoms. The van der Waals surface area contributed by atoms with Gasteiger partial charge < -0.3 is 26.3 Å². The normalized spacial score (nSPS) is 16.9. The van der Waals surface area contributed by atoms with E-state index in [-0.39, 0.29) is 5.78 Å². The minimum Gasteiger partial charge on any atom is -0.477 e. The van der Waals surface area contributed by atoms with E-state index >= 15 is 0 Å². The summed E-state index contributed by atoms with van der Waals surface area (Å²) >= 11 is 8.00. The first-order valence-electron chi connectivity index (χ1n) is 12.9. The van der Waals surface area contributed by atoms with E-state index in [2.05, 4.69) is 36.8 Å². The molecule has 10 heteroatoms. The molecule has 0 spiro atoms. The number of rotatable bonds is 2. The Morgan fingerprint density at radius 1 is 0.923 bits per heavy atom. The molecule has 1 atom stereocenters. The lowest BCUT2D eigenvalue weighted by Gasteiger charge is -2.15. The second-order valence-electron chi connectivity index (χ2n) is 9.59. The topological polar surface area (TPSA) is 131 Å². The van der Waals surface area contributed by atoms with E-state index in [0.29, 0.717) is 22.7 Å². The van der Waals surface area contributed by atoms with Crippen molar-refractivity contribution in [2.24, 2.45) is 11.5 Å². The second-order valence-corrected chi connectivity index (χ2v) is 12.5. The summed E-state index contributed by atoms with van der Waals surface area (Å²) in [5.41, 5.74) is 12.7. The first kappa shape index (κ1) is 31.4. The summed E-state index contributed by atoms with van der Waals surface area (Å²) in [5, 5.41) is 10.8. The van der Waals surface area contributed by atoms with Crippen LogP contribution in [-0.2, 0) is 4.74 Å². The summed E-state index contributed by atoms with van der Waals surface area (Å²) in [5.74, 6) is -0.801. The molecule has 2 fully saturated rings. The van der Waals surface area contributed by atoms with Crippen molar-refractivity contribution in [1.82, 2.24) is 4.98 Å². The largest absolute Gasteiger partial charge is 0.477 e. The van der Waals surface area contributed by atoms with Crippen molar-refractivity contribution in [2.45, 2.75) is 57.5 Å². The fraction of sp³-hybridized carbons (Fsp3) is 0.379. The van der Waals surface area contributed by atoms with Gasteiger partial charge in [0.1, 0.15) is 4.88 Å². The van der Waals surface area contributed by atoms with Gasteiger partial charge >= 0.3 is 5.97 Å². The zero-order chi connectivity index (χ0) is 28.4. The molecule has 1 saturated heterocycles. The number of halogens is 2. The fourth-order valence-electron chi connectivity index (χ4n) is 4.09. The maximum atomic E-state index is 11.1. The molecule has 1 saturated carbocycles. The number of thiophene rings is 1. The summed E-state index contributed by atoms with van der Waals surface area (Å²) in [7, 11) is 0. The van der Waals surface area contributed by atoms with Crippen molar-refractivity contribution < 1.29 is 19.4 Å². The first-order valence-corrected chi connectivity index (χ1v) is 15.3. The molecule has 1 aliphatic heterocycles. The van der Waals surface area contributed by atoms with Crippen molar-refractivity contribution in [3.05, 3.63) is 68.0 Å². The molecule has 210 valence electrons. The van der Waals surface area contributed by atoms with Gasteiger partial charge in [0, 0.05) is 50.2 Å². The fourth-order valence-corrected chi connectivity index (χ4v) is 5.90. The molecule has 2 aromatic heterocycles. The van der Waals surface area contributed by atoms with Gasteiger partial charge in [-0.3, -0.25) is 4.79 Å². The third-order valence-corrected chi connectivity index (χ3v) is 8.34. The summed E-state index contributed by atoms with van der Waals surface area (Å²) in [6.45, 7) is 3.18. The van der Waals surface area contributed by atoms with E-state index in [4.69, 9.17) is 21.3 Å². The number of carboxylic acids is 1. The van der Waals surface area contributed by atoms with Gasteiger partial charge in [-0.25, -0.2) is 4.79 Å². The number of carbonyl (C=O) groups excluding carboxylic acids is 1. The number of ketones is 1. The Hall–Kier alpha value is -2.08. The number of nitrogens with one attached hydrogen (secondary N) is 1. The van der Waals surface area contributed by atoms with Crippen LogP contribution in [0.3, 0.4) is 0 Å². The summed E-state index contributed by atoms with van der Waals surface area (Å²) in [6, 6.07) is 16.0. The van der Waals surface area contributed by atoms with Crippen LogP contribution in [0.15, 0.2) is 57.5 Å². The maximum Gasteiger partial charge on any atom is 0.345 e. The van der Waals surface area contributed by atoms with Crippen LogP contribution in [0.5, 0.6) is 0 Å². The van der Waals surface area contributed by atoms with E-state index < -0.39 is 5.97 Å². The van der Waals surface area contributed by atoms with E-state index in [1.165, 1.54) is 43.4 Å². The zero-order valence-corrected chi connectivity index (χ0v) is 25.9. The number of Topliss-reactive ketones (excluding diaryl/α,β-unsaturated/α-hetero) is 1. The minimum absolute atomic E-state index is 0.0623. The van der Waals surface area contributed by atoms with Crippen LogP contribution in [0, 0.1) is 0 Å². The van der Waals surface area contributed by atoms with Crippen molar-refractivity contribution in [1.29, 1.82) is 0 Å². The number of benzene rings is 2. The number of aromatic nitrogens is 1. The van der Waals surface area contributed by atoms with Crippen molar-refractivity contribution in [3.8, 4) is 0 Å². The van der Waals surface area contributed by atoms with Crippen molar-refractivity contribution >= 4 is 75.9 Å². The van der Waals surface area contributed by atoms with Gasteiger partial charge in [0.25, 0.3) is 0 Å². The molecular formula is C29H35Br2N3O4S. The monoisotopic (exact) mass is 679 g/mol. The number of aromatic amines is 1. The molecule has 0 amide bonds. The maximum absolute atomic E-state index is 11.1. The SMILES string of the molecule is CC(=O)c1cc2ccc(Br)cc2[nH]1.NC1CCCCC1.NC1CCOC1.O=C(O)c1cc2ccc(Br)cc2s1. The molecule has 0 radical (unpaired) electrons. The Morgan fingerprint density at radius 2 is 1.59 bits per heavy atom. The number of H-pyrrole nitrogens is 1. The van der Waals surface area contributed by atoms with Gasteiger partial charge in [-0.05, 0) is 61.0 Å². The van der Waals surface area contributed by atoms with Gasteiger partial charge in [0.05, 0.1) is 12.3 Å². The van der Waals surface area contributed by atoms with E-state index in [0.717, 1.165) is 49.6 Å². The van der Waals surface area contributed by atoms with Gasteiger partial charge in [0.2, 0.25) is 0 Å². The van der Waals surface area contributed by atoms with Gasteiger partial charge in [0.15, 0.2) is 5.78 Å². The number of fused-ring (bicyclic) bond motifs is 2. The number of carbonyl (C=O) groups is 2. The predicted octanol–water partition coefficient (Wildman–Crippen LogP) is 7.51. The summed E-state index contributed by atoms with van der Waals surface area (Å²) in [6.07, 6.45) is 7.70. The molecule has 4 aromatic rings. The summed E-state index contributed by atoms with van der Waals surface area (Å²) in [4.78, 5) is 25.1. The zero-order valence-electron chi connectivity index (χ0n) is 21.9. The molecule has 0 bridgehead atoms. The van der Waals surface area contributed by atoms with Crippen LogP contribution in [0.2, 0.25) is 0 Å². The highest BCUT2D eigenvalue weighted by molar-refractivity contribution is 9.10. The molecule has 6 N–H and O–H groups in total. The lowest BCUT2D eigenvalue weighted by Crippen LogP contribution is -2.22. The average molecular weight is 681 g/mol. The van der Waals surface area contributed by atoms with Crippen LogP contribution in [0.1, 0.15) is 65.6 Å². The van der Waals surface area contributed by atoms with Crippen molar-refractivity contribution in [3.63, 3.8) is 0 Å². The quantitative estimate of drug-likeness (QED) is 0.162. The van der Waals surface area contributed by atoms with Crippen LogP contribution >= 0.6 is 43.2 Å². The number of aromatic carboxylic acids is 1. The average Bonchev–Trinajstić information content (AvgIpc) is 3.65. The van der Waals surface area contributed by atoms with Crippen LogP contribution < -0.4 is 11.5 Å². The Labute approximate surface area is 249 Å². The predicted molar refractivity (Wildman–Crippen MR) is 167 cm³/mol. The molecule has 2 aliphatic rings. The summed E-state index contributed by atoms with van der Waals surface area (Å²) < 4.78 is 7.91. The van der Waals surface area contributed by atoms with E-state index in [9.17, 15) is 9.59 Å². The number of hydrogen-bond donors (Lipinski definition) is 4. The lowest BCUT2D eigenvalue weighted by atomic mass is 9.97. The van der Waals surface area contributed by atoms with Gasteiger partial charge in [-0.15, -0.1) is 11.3 Å². The van der Waals surface area contributed by atoms with Crippen LogP contribution in [0.25, 0.3) is 21.0 Å². The highest BCUT2D eigenvalue weighted by atomic mass is 79.9. The molecular weight excluding hydrogens is 646 g/mol. The standard InChI is InChI=1S/C10H8BrNO.C9H5BrO2S.C6H13N.C4H9NO/c1-6(13)9-4-7-2-3-8(11)5-10(7)12-9;10-6-2-1-5-3-8(9(11)12)13-7(5)4-6;7-6-4-2-1-3-5-6;5-4-1-2-6-3-4/h2-5,12H,1H3;1-4H,(H,11,12);6H,1-5,7H2;4H,1-3,5H2. The smallest absolute Gasteiger partial charge is 0.345 e. The van der Waals surface area contributed by atoms with Crippen molar-refractivity contribution in [2.75, 3.05) is 13.2 Å². The Kier molecular flexibility index (Phi) is 12.6. The van der Waals surface area contributed by atoms with E-state index in [1.807, 2.05) is 42.5 Å². The molecule has 6 rings (SSSR count). The molecule has 1 unspecified atom stereocenters. The molecule has 1 aliphatic carbocycles. The lowest BCUT2D eigenvalue weighted by molar-refractivity contribution is 0.0702. The molecule has 2 aromatic carbocycles. The van der Waals surface area contributed by atoms with E-state index in [1.54, 1.807) is 13.0 Å². The van der Waals surface area contributed by atoms with Gasteiger partial charge in [-0.2, -0.15) is 0 Å².